The first kappa shape index (κ1) is 4.13. The molecule has 1 rings (SSSR count). The largest absolute Gasteiger partial charge is 0.387 e. The Morgan fingerprint density at radius 2 is 2.33 bits per heavy atom. The zero-order valence-corrected chi connectivity index (χ0v) is 3.94. The fourth-order valence-corrected chi connectivity index (χ4v) is 0.562. The summed E-state index contributed by atoms with van der Waals surface area (Å²) in [5, 5.41) is 8.63. The Hall–Kier alpha value is -0.0400. The lowest BCUT2D eigenvalue weighted by Crippen LogP contribution is -2.19. The van der Waals surface area contributed by atoms with Gasteiger partial charge in [0.1, 0.15) is 0 Å². The summed E-state index contributed by atoms with van der Waals surface area (Å²) in [6, 6.07) is 0. The summed E-state index contributed by atoms with van der Waals surface area (Å²) in [5.41, 5.74) is 0. The molecular weight excluding hydrogens is 76.1 g/mol. The molecule has 0 aromatic rings. The van der Waals surface area contributed by atoms with Crippen LogP contribution in [0.25, 0.3) is 0 Å². The van der Waals surface area contributed by atoms with Crippen LogP contribution < -0.4 is 0 Å². The van der Waals surface area contributed by atoms with Crippen LogP contribution in [0.4, 0.5) is 0 Å². The molecule has 1 aliphatic rings. The third-order valence-electron chi connectivity index (χ3n) is 1.40. The lowest BCUT2D eigenvalue weighted by molar-refractivity contribution is 0.147. The molecule has 0 heterocycles. The SMILES string of the molecule is CC1CC[C]1O. The second kappa shape index (κ2) is 1.23. The number of rotatable bonds is 0. The van der Waals surface area contributed by atoms with Crippen molar-refractivity contribution in [3.05, 3.63) is 6.10 Å². The van der Waals surface area contributed by atoms with E-state index in [9.17, 15) is 0 Å². The van der Waals surface area contributed by atoms with Crippen molar-refractivity contribution < 1.29 is 5.11 Å². The van der Waals surface area contributed by atoms with Gasteiger partial charge in [-0.05, 0) is 18.8 Å². The molecule has 0 aromatic carbocycles. The van der Waals surface area contributed by atoms with Crippen LogP contribution >= 0.6 is 0 Å². The molecular formula is C5H9O. The van der Waals surface area contributed by atoms with E-state index in [2.05, 4.69) is 0 Å². The highest BCUT2D eigenvalue weighted by molar-refractivity contribution is 4.92. The van der Waals surface area contributed by atoms with E-state index in [1.54, 1.807) is 0 Å². The normalized spacial score (nSPS) is 36.0. The zero-order valence-electron chi connectivity index (χ0n) is 3.94. The molecule has 1 heteroatoms. The molecule has 0 spiro atoms. The molecule has 1 aliphatic carbocycles. The lowest BCUT2D eigenvalue weighted by Gasteiger charge is -2.26. The molecule has 1 unspecified atom stereocenters. The fraction of sp³-hybridized carbons (Fsp3) is 0.800. The van der Waals surface area contributed by atoms with Gasteiger partial charge in [-0.2, -0.15) is 0 Å². The molecule has 1 nitrogen and oxygen atoms in total. The highest BCUT2D eigenvalue weighted by Gasteiger charge is 2.24. The van der Waals surface area contributed by atoms with Gasteiger partial charge in [0.15, 0.2) is 0 Å². The zero-order chi connectivity index (χ0) is 4.57. The summed E-state index contributed by atoms with van der Waals surface area (Å²) < 4.78 is 0. The maximum Gasteiger partial charge on any atom is 0.0961 e. The third-order valence-corrected chi connectivity index (χ3v) is 1.40. The van der Waals surface area contributed by atoms with E-state index in [1.165, 1.54) is 6.42 Å². The van der Waals surface area contributed by atoms with Gasteiger partial charge < -0.3 is 5.11 Å². The number of aliphatic hydroxyl groups is 1. The monoisotopic (exact) mass is 85.1 g/mol. The molecule has 0 bridgehead atoms. The second-order valence-corrected chi connectivity index (χ2v) is 1.93. The van der Waals surface area contributed by atoms with Gasteiger partial charge in [0.25, 0.3) is 0 Å². The van der Waals surface area contributed by atoms with Crippen molar-refractivity contribution >= 4 is 0 Å². The molecule has 35 valence electrons. The van der Waals surface area contributed by atoms with Crippen molar-refractivity contribution in [1.82, 2.24) is 0 Å². The molecule has 6 heavy (non-hydrogen) atoms. The molecule has 1 atom stereocenters. The molecule has 0 saturated heterocycles. The molecule has 1 N–H and O–H groups in total. The minimum atomic E-state index is 0.505. The molecule has 1 saturated carbocycles. The maximum atomic E-state index is 8.63. The Morgan fingerprint density at radius 1 is 1.83 bits per heavy atom. The third kappa shape index (κ3) is 0.432. The van der Waals surface area contributed by atoms with E-state index in [4.69, 9.17) is 5.11 Å². The first-order chi connectivity index (χ1) is 2.80. The van der Waals surface area contributed by atoms with Gasteiger partial charge in [-0.1, -0.05) is 6.92 Å². The van der Waals surface area contributed by atoms with Crippen molar-refractivity contribution in [3.63, 3.8) is 0 Å². The molecule has 1 radical (unpaired) electrons. The van der Waals surface area contributed by atoms with Gasteiger partial charge in [-0.25, -0.2) is 0 Å². The van der Waals surface area contributed by atoms with Crippen LogP contribution in [0.5, 0.6) is 0 Å². The number of hydrogen-bond acceptors (Lipinski definition) is 1. The van der Waals surface area contributed by atoms with Crippen molar-refractivity contribution in [2.45, 2.75) is 19.8 Å². The van der Waals surface area contributed by atoms with Crippen LogP contribution in [0, 0.1) is 12.0 Å². The van der Waals surface area contributed by atoms with E-state index in [0.717, 1.165) is 6.42 Å². The number of hydrogen-bond donors (Lipinski definition) is 1. The average molecular weight is 85.1 g/mol. The van der Waals surface area contributed by atoms with Gasteiger partial charge in [-0.15, -0.1) is 0 Å². The molecule has 0 amide bonds. The van der Waals surface area contributed by atoms with Crippen LogP contribution in [0.2, 0.25) is 0 Å². The van der Waals surface area contributed by atoms with E-state index >= 15 is 0 Å². The predicted octanol–water partition coefficient (Wildman–Crippen LogP) is 1.32. The van der Waals surface area contributed by atoms with E-state index < -0.39 is 0 Å². The summed E-state index contributed by atoms with van der Waals surface area (Å²) in [5.74, 6) is 0.505. The Labute approximate surface area is 38.0 Å². The van der Waals surface area contributed by atoms with Crippen molar-refractivity contribution in [3.8, 4) is 0 Å². The van der Waals surface area contributed by atoms with E-state index in [1.807, 2.05) is 6.92 Å². The average Bonchev–Trinajstić information content (AvgIpc) is 1.61. The Balaban J connectivity index is 2.20. The quantitative estimate of drug-likeness (QED) is 0.470. The minimum Gasteiger partial charge on any atom is -0.387 e. The van der Waals surface area contributed by atoms with Gasteiger partial charge in [0.2, 0.25) is 0 Å². The Kier molecular flexibility index (Phi) is 0.845. The highest BCUT2D eigenvalue weighted by Crippen LogP contribution is 2.32. The van der Waals surface area contributed by atoms with Gasteiger partial charge in [-0.3, -0.25) is 0 Å². The predicted molar refractivity (Wildman–Crippen MR) is 23.6 cm³/mol. The molecule has 1 fully saturated rings. The summed E-state index contributed by atoms with van der Waals surface area (Å²) in [7, 11) is 0. The first-order valence-corrected chi connectivity index (χ1v) is 2.35. The first-order valence-electron chi connectivity index (χ1n) is 2.35. The van der Waals surface area contributed by atoms with Gasteiger partial charge in [0.05, 0.1) is 6.10 Å². The lowest BCUT2D eigenvalue weighted by atomic mass is 9.84. The fourth-order valence-electron chi connectivity index (χ4n) is 0.562. The summed E-state index contributed by atoms with van der Waals surface area (Å²) in [6.07, 6.45) is 2.82. The maximum absolute atomic E-state index is 8.63. The topological polar surface area (TPSA) is 20.2 Å². The van der Waals surface area contributed by atoms with Crippen molar-refractivity contribution in [1.29, 1.82) is 0 Å². The minimum absolute atomic E-state index is 0.505. The highest BCUT2D eigenvalue weighted by atomic mass is 16.3. The van der Waals surface area contributed by atoms with Crippen molar-refractivity contribution in [2.75, 3.05) is 0 Å². The molecule has 0 aliphatic heterocycles. The summed E-state index contributed by atoms with van der Waals surface area (Å²) in [4.78, 5) is 0. The van der Waals surface area contributed by atoms with Gasteiger partial charge >= 0.3 is 0 Å². The Morgan fingerprint density at radius 3 is 2.33 bits per heavy atom. The summed E-state index contributed by atoms with van der Waals surface area (Å²) in [6.45, 7) is 2.04. The number of aliphatic hydroxyl groups excluding tert-OH is 1. The summed E-state index contributed by atoms with van der Waals surface area (Å²) >= 11 is 0. The van der Waals surface area contributed by atoms with Crippen LogP contribution in [-0.2, 0) is 0 Å². The Bertz CT molecular complexity index is 43.9. The van der Waals surface area contributed by atoms with E-state index in [-0.39, 0.29) is 0 Å². The molecule has 0 aromatic heterocycles. The smallest absolute Gasteiger partial charge is 0.0961 e. The van der Waals surface area contributed by atoms with E-state index in [0.29, 0.717) is 12.0 Å². The van der Waals surface area contributed by atoms with Crippen molar-refractivity contribution in [2.24, 2.45) is 5.92 Å². The standard InChI is InChI=1S/C5H9O/c1-4-2-3-5(4)6/h4,6H,2-3H2,1H3. The second-order valence-electron chi connectivity index (χ2n) is 1.93. The van der Waals surface area contributed by atoms with Crippen LogP contribution in [0.15, 0.2) is 0 Å². The van der Waals surface area contributed by atoms with Crippen LogP contribution in [0.3, 0.4) is 0 Å². The van der Waals surface area contributed by atoms with Crippen LogP contribution in [-0.4, -0.2) is 5.11 Å². The van der Waals surface area contributed by atoms with Crippen LogP contribution in [0.1, 0.15) is 19.8 Å². The van der Waals surface area contributed by atoms with Gasteiger partial charge in [0, 0.05) is 0 Å².